The van der Waals surface area contributed by atoms with E-state index in [0.717, 1.165) is 43.2 Å². The summed E-state index contributed by atoms with van der Waals surface area (Å²) in [5.41, 5.74) is 3.75. The lowest BCUT2D eigenvalue weighted by Gasteiger charge is -2.50. The first-order valence-corrected chi connectivity index (χ1v) is 11.1. The highest BCUT2D eigenvalue weighted by Crippen LogP contribution is 2.51. The molecule has 0 saturated heterocycles. The van der Waals surface area contributed by atoms with E-state index in [0.29, 0.717) is 5.56 Å². The Morgan fingerprint density at radius 1 is 1.16 bits per heavy atom. The summed E-state index contributed by atoms with van der Waals surface area (Å²) in [6.45, 7) is 14.0. The van der Waals surface area contributed by atoms with Crippen LogP contribution in [0.15, 0.2) is 47.7 Å². The van der Waals surface area contributed by atoms with Crippen molar-refractivity contribution in [3.05, 3.63) is 48.3 Å². The second-order valence-electron chi connectivity index (χ2n) is 10.4. The number of hydrogen-bond donors (Lipinski definition) is 0. The van der Waals surface area contributed by atoms with E-state index in [-0.39, 0.29) is 23.3 Å². The molecule has 0 bridgehead atoms. The lowest BCUT2D eigenvalue weighted by Crippen LogP contribution is -2.45. The van der Waals surface area contributed by atoms with E-state index in [1.165, 1.54) is 6.42 Å². The SMILES string of the molecule is C=Nc1cnccc1N(c1ccc(CC(C)(F)F)cc1)C1CC(C)(C)CC(C)(CC)C1. The van der Waals surface area contributed by atoms with Gasteiger partial charge in [-0.25, -0.2) is 8.78 Å². The second-order valence-corrected chi connectivity index (χ2v) is 10.4. The van der Waals surface area contributed by atoms with Crippen molar-refractivity contribution in [2.75, 3.05) is 4.90 Å². The molecule has 0 N–H and O–H groups in total. The Hall–Kier alpha value is -2.30. The zero-order valence-corrected chi connectivity index (χ0v) is 19.5. The number of halogens is 2. The highest BCUT2D eigenvalue weighted by Gasteiger charge is 2.43. The number of benzene rings is 1. The van der Waals surface area contributed by atoms with E-state index in [1.807, 2.05) is 30.3 Å². The van der Waals surface area contributed by atoms with Gasteiger partial charge in [0, 0.05) is 24.3 Å². The zero-order chi connectivity index (χ0) is 22.9. The third-order valence-corrected chi connectivity index (χ3v) is 6.58. The Kier molecular flexibility index (Phi) is 6.54. The molecule has 168 valence electrons. The van der Waals surface area contributed by atoms with Crippen molar-refractivity contribution in [1.29, 1.82) is 0 Å². The Morgan fingerprint density at radius 3 is 2.42 bits per heavy atom. The summed E-state index contributed by atoms with van der Waals surface area (Å²) < 4.78 is 27.0. The summed E-state index contributed by atoms with van der Waals surface area (Å²) in [5.74, 6) is -2.72. The minimum absolute atomic E-state index is 0.199. The fourth-order valence-electron chi connectivity index (χ4n) is 5.41. The molecule has 0 amide bonds. The van der Waals surface area contributed by atoms with Crippen LogP contribution in [-0.2, 0) is 6.42 Å². The van der Waals surface area contributed by atoms with Gasteiger partial charge in [0.2, 0.25) is 5.92 Å². The van der Waals surface area contributed by atoms with Crippen LogP contribution in [0.1, 0.15) is 65.9 Å². The van der Waals surface area contributed by atoms with E-state index in [2.05, 4.69) is 49.3 Å². The first-order chi connectivity index (χ1) is 14.5. The van der Waals surface area contributed by atoms with E-state index in [4.69, 9.17) is 0 Å². The van der Waals surface area contributed by atoms with Crippen LogP contribution in [0.5, 0.6) is 0 Å². The molecule has 0 aliphatic heterocycles. The largest absolute Gasteiger partial charge is 0.336 e. The lowest BCUT2D eigenvalue weighted by atomic mass is 9.61. The number of aromatic nitrogens is 1. The van der Waals surface area contributed by atoms with Gasteiger partial charge in [-0.05, 0) is 67.5 Å². The quantitative estimate of drug-likeness (QED) is 0.423. The minimum Gasteiger partial charge on any atom is -0.336 e. The van der Waals surface area contributed by atoms with Gasteiger partial charge in [0.05, 0.1) is 11.9 Å². The van der Waals surface area contributed by atoms with Crippen molar-refractivity contribution in [2.24, 2.45) is 15.8 Å². The highest BCUT2D eigenvalue weighted by atomic mass is 19.3. The molecule has 31 heavy (non-hydrogen) atoms. The molecule has 0 spiro atoms. The van der Waals surface area contributed by atoms with Crippen molar-refractivity contribution in [3.8, 4) is 0 Å². The molecule has 1 aromatic heterocycles. The number of anilines is 2. The second kappa shape index (κ2) is 8.68. The lowest BCUT2D eigenvalue weighted by molar-refractivity contribution is 0.0226. The molecular weight excluding hydrogens is 392 g/mol. The van der Waals surface area contributed by atoms with Crippen LogP contribution in [-0.4, -0.2) is 23.7 Å². The number of pyridine rings is 1. The van der Waals surface area contributed by atoms with E-state index >= 15 is 0 Å². The third-order valence-electron chi connectivity index (χ3n) is 6.58. The minimum atomic E-state index is -2.72. The molecule has 1 heterocycles. The molecular formula is C26H35F2N3. The molecule has 5 heteroatoms. The van der Waals surface area contributed by atoms with Crippen LogP contribution in [0.25, 0.3) is 0 Å². The number of nitrogens with zero attached hydrogens (tertiary/aromatic N) is 3. The maximum absolute atomic E-state index is 13.5. The summed E-state index contributed by atoms with van der Waals surface area (Å²) in [7, 11) is 0. The van der Waals surface area contributed by atoms with Gasteiger partial charge in [0.25, 0.3) is 0 Å². The fourth-order valence-corrected chi connectivity index (χ4v) is 5.41. The molecule has 1 fully saturated rings. The van der Waals surface area contributed by atoms with Crippen molar-refractivity contribution < 1.29 is 8.78 Å². The average molecular weight is 428 g/mol. The topological polar surface area (TPSA) is 28.5 Å². The van der Waals surface area contributed by atoms with Gasteiger partial charge in [-0.15, -0.1) is 0 Å². The van der Waals surface area contributed by atoms with Crippen LogP contribution in [0.4, 0.5) is 25.8 Å². The molecule has 3 nitrogen and oxygen atoms in total. The summed E-state index contributed by atoms with van der Waals surface area (Å²) in [5, 5.41) is 0. The van der Waals surface area contributed by atoms with Crippen LogP contribution in [0.2, 0.25) is 0 Å². The normalized spacial score (nSPS) is 23.4. The van der Waals surface area contributed by atoms with E-state index in [9.17, 15) is 8.78 Å². The van der Waals surface area contributed by atoms with Gasteiger partial charge < -0.3 is 4.90 Å². The molecule has 0 radical (unpaired) electrons. The van der Waals surface area contributed by atoms with E-state index < -0.39 is 5.92 Å². The number of alkyl halides is 2. The Morgan fingerprint density at radius 2 is 1.84 bits per heavy atom. The maximum Gasteiger partial charge on any atom is 0.249 e. The number of aliphatic imine (C=N–C) groups is 1. The molecule has 1 aliphatic carbocycles. The third kappa shape index (κ3) is 5.69. The van der Waals surface area contributed by atoms with Crippen LogP contribution >= 0.6 is 0 Å². The number of rotatable bonds is 7. The first-order valence-electron chi connectivity index (χ1n) is 11.1. The average Bonchev–Trinajstić information content (AvgIpc) is 2.67. The molecule has 1 saturated carbocycles. The van der Waals surface area contributed by atoms with Gasteiger partial charge in [0.15, 0.2) is 0 Å². The highest BCUT2D eigenvalue weighted by molar-refractivity contribution is 5.75. The molecule has 2 atom stereocenters. The summed E-state index contributed by atoms with van der Waals surface area (Å²) in [6.07, 6.45) is 7.65. The van der Waals surface area contributed by atoms with Gasteiger partial charge in [0.1, 0.15) is 5.69 Å². The van der Waals surface area contributed by atoms with Crippen molar-refractivity contribution in [1.82, 2.24) is 4.98 Å². The molecule has 2 unspecified atom stereocenters. The molecule has 1 aromatic carbocycles. The molecule has 3 rings (SSSR count). The summed E-state index contributed by atoms with van der Waals surface area (Å²) >= 11 is 0. The fraction of sp³-hybridized carbons (Fsp3) is 0.538. The summed E-state index contributed by atoms with van der Waals surface area (Å²) in [4.78, 5) is 10.8. The standard InChI is InChI=1S/C26H35F2N3/c1-7-25(4)16-21(15-24(2,3)18-25)31(23-12-13-30-17-22(23)29-6)20-10-8-19(9-11-20)14-26(5,27)28/h8-13,17,21H,6-7,14-16,18H2,1-5H3. The Balaban J connectivity index is 2.07. The van der Waals surface area contributed by atoms with Crippen molar-refractivity contribution in [3.63, 3.8) is 0 Å². The Bertz CT molecular complexity index is 902. The van der Waals surface area contributed by atoms with Gasteiger partial charge in [-0.1, -0.05) is 46.2 Å². The maximum atomic E-state index is 13.5. The van der Waals surface area contributed by atoms with Crippen LogP contribution in [0.3, 0.4) is 0 Å². The summed E-state index contributed by atoms with van der Waals surface area (Å²) in [6, 6.07) is 9.78. The predicted molar refractivity (Wildman–Crippen MR) is 126 cm³/mol. The molecule has 2 aromatic rings. The van der Waals surface area contributed by atoms with Gasteiger partial charge >= 0.3 is 0 Å². The Labute approximate surface area is 185 Å². The van der Waals surface area contributed by atoms with Crippen LogP contribution in [0, 0.1) is 10.8 Å². The van der Waals surface area contributed by atoms with Gasteiger partial charge in [-0.2, -0.15) is 0 Å². The molecule has 1 aliphatic rings. The zero-order valence-electron chi connectivity index (χ0n) is 19.5. The van der Waals surface area contributed by atoms with Crippen molar-refractivity contribution >= 4 is 23.8 Å². The van der Waals surface area contributed by atoms with E-state index in [1.54, 1.807) is 12.4 Å². The van der Waals surface area contributed by atoms with Crippen molar-refractivity contribution in [2.45, 2.75) is 78.7 Å². The smallest absolute Gasteiger partial charge is 0.249 e. The van der Waals surface area contributed by atoms with Gasteiger partial charge in [-0.3, -0.25) is 9.98 Å². The monoisotopic (exact) mass is 427 g/mol. The first kappa shape index (κ1) is 23.4. The van der Waals surface area contributed by atoms with Crippen LogP contribution < -0.4 is 4.90 Å². The predicted octanol–water partition coefficient (Wildman–Crippen LogP) is 7.74. The number of hydrogen-bond acceptors (Lipinski definition) is 3.